The van der Waals surface area contributed by atoms with Gasteiger partial charge in [0.05, 0.1) is 12.1 Å². The zero-order valence-electron chi connectivity index (χ0n) is 13.5. The van der Waals surface area contributed by atoms with Crippen molar-refractivity contribution in [3.8, 4) is 5.88 Å². The fourth-order valence-electron chi connectivity index (χ4n) is 2.15. The van der Waals surface area contributed by atoms with Gasteiger partial charge in [-0.1, -0.05) is 45.9 Å². The van der Waals surface area contributed by atoms with Gasteiger partial charge in [0.2, 0.25) is 5.88 Å². The highest BCUT2D eigenvalue weighted by Gasteiger charge is 2.07. The molecule has 0 unspecified atom stereocenters. The van der Waals surface area contributed by atoms with E-state index < -0.39 is 0 Å². The van der Waals surface area contributed by atoms with Crippen molar-refractivity contribution in [2.24, 2.45) is 5.92 Å². The lowest BCUT2D eigenvalue weighted by Crippen LogP contribution is -2.22. The van der Waals surface area contributed by atoms with Crippen molar-refractivity contribution >= 4 is 10.9 Å². The molecule has 0 aliphatic carbocycles. The van der Waals surface area contributed by atoms with Crippen molar-refractivity contribution in [2.45, 2.75) is 46.7 Å². The van der Waals surface area contributed by atoms with Crippen molar-refractivity contribution < 1.29 is 4.74 Å². The van der Waals surface area contributed by atoms with E-state index in [0.717, 1.165) is 31.0 Å². The van der Waals surface area contributed by atoms with Gasteiger partial charge in [0, 0.05) is 24.0 Å². The number of hydrogen-bond donors (Lipinski definition) is 1. The Kier molecular flexibility index (Phi) is 5.57. The van der Waals surface area contributed by atoms with E-state index >= 15 is 0 Å². The molecule has 1 heterocycles. The second-order valence-electron chi connectivity index (χ2n) is 6.20. The Morgan fingerprint density at radius 2 is 1.90 bits per heavy atom. The van der Waals surface area contributed by atoms with Crippen molar-refractivity contribution in [1.29, 1.82) is 0 Å². The zero-order chi connectivity index (χ0) is 15.2. The highest BCUT2D eigenvalue weighted by molar-refractivity contribution is 5.82. The Balaban J connectivity index is 2.22. The molecule has 0 saturated carbocycles. The number of fused-ring (bicyclic) bond motifs is 1. The molecule has 0 atom stereocenters. The van der Waals surface area contributed by atoms with Crippen molar-refractivity contribution in [3.05, 3.63) is 35.9 Å². The molecule has 3 nitrogen and oxygen atoms in total. The lowest BCUT2D eigenvalue weighted by molar-refractivity contribution is 0.280. The Morgan fingerprint density at radius 1 is 1.14 bits per heavy atom. The predicted molar refractivity (Wildman–Crippen MR) is 88.7 cm³/mol. The molecule has 0 spiro atoms. The van der Waals surface area contributed by atoms with Gasteiger partial charge in [-0.2, -0.15) is 0 Å². The second kappa shape index (κ2) is 7.41. The molecular weight excluding hydrogens is 260 g/mol. The van der Waals surface area contributed by atoms with Crippen LogP contribution in [0.4, 0.5) is 0 Å². The second-order valence-corrected chi connectivity index (χ2v) is 6.20. The van der Waals surface area contributed by atoms with Crippen LogP contribution >= 0.6 is 0 Å². The lowest BCUT2D eigenvalue weighted by atomic mass is 10.1. The highest BCUT2D eigenvalue weighted by atomic mass is 16.5. The van der Waals surface area contributed by atoms with Gasteiger partial charge in [0.15, 0.2) is 0 Å². The van der Waals surface area contributed by atoms with Gasteiger partial charge in [-0.25, -0.2) is 4.98 Å². The molecule has 0 bridgehead atoms. The van der Waals surface area contributed by atoms with Crippen LogP contribution in [0, 0.1) is 5.92 Å². The first-order chi connectivity index (χ1) is 10.1. The van der Waals surface area contributed by atoms with Gasteiger partial charge in [-0.15, -0.1) is 0 Å². The Bertz CT molecular complexity index is 578. The Morgan fingerprint density at radius 3 is 2.62 bits per heavy atom. The van der Waals surface area contributed by atoms with E-state index in [9.17, 15) is 0 Å². The molecule has 0 amide bonds. The minimum atomic E-state index is 0.460. The molecule has 0 aliphatic heterocycles. The Hall–Kier alpha value is -1.61. The maximum Gasteiger partial charge on any atom is 0.214 e. The molecule has 3 heteroatoms. The molecule has 0 radical (unpaired) electrons. The Labute approximate surface area is 127 Å². The van der Waals surface area contributed by atoms with E-state index in [1.54, 1.807) is 0 Å². The largest absolute Gasteiger partial charge is 0.478 e. The fourth-order valence-corrected chi connectivity index (χ4v) is 2.15. The average Bonchev–Trinajstić information content (AvgIpc) is 2.44. The molecule has 114 valence electrons. The van der Waals surface area contributed by atoms with Crippen LogP contribution < -0.4 is 10.1 Å². The molecule has 0 aliphatic rings. The number of benzene rings is 1. The first-order valence-corrected chi connectivity index (χ1v) is 7.81. The molecule has 1 aromatic carbocycles. The van der Waals surface area contributed by atoms with Crippen molar-refractivity contribution in [3.63, 3.8) is 0 Å². The van der Waals surface area contributed by atoms with E-state index in [-0.39, 0.29) is 0 Å². The summed E-state index contributed by atoms with van der Waals surface area (Å²) < 4.78 is 5.83. The number of nitrogens with zero attached hydrogens (tertiary/aromatic N) is 1. The van der Waals surface area contributed by atoms with Crippen LogP contribution in [-0.2, 0) is 6.54 Å². The minimum Gasteiger partial charge on any atom is -0.478 e. The molecule has 2 rings (SSSR count). The van der Waals surface area contributed by atoms with Crippen molar-refractivity contribution in [1.82, 2.24) is 10.3 Å². The summed E-state index contributed by atoms with van der Waals surface area (Å²) >= 11 is 0. The minimum absolute atomic E-state index is 0.460. The van der Waals surface area contributed by atoms with Crippen LogP contribution in [0.5, 0.6) is 5.88 Å². The predicted octanol–water partition coefficient (Wildman–Crippen LogP) is 4.16. The van der Waals surface area contributed by atoms with Crippen LogP contribution in [0.15, 0.2) is 30.3 Å². The monoisotopic (exact) mass is 286 g/mol. The van der Waals surface area contributed by atoms with E-state index in [0.29, 0.717) is 12.0 Å². The van der Waals surface area contributed by atoms with E-state index in [1.165, 1.54) is 10.9 Å². The van der Waals surface area contributed by atoms with Gasteiger partial charge in [-0.05, 0) is 24.0 Å². The number of ether oxygens (including phenoxy) is 1. The third-order valence-electron chi connectivity index (χ3n) is 3.42. The summed E-state index contributed by atoms with van der Waals surface area (Å²) in [6, 6.07) is 10.8. The highest BCUT2D eigenvalue weighted by Crippen LogP contribution is 2.22. The lowest BCUT2D eigenvalue weighted by Gasteiger charge is -2.13. The van der Waals surface area contributed by atoms with Crippen LogP contribution in [0.3, 0.4) is 0 Å². The molecule has 1 aromatic heterocycles. The zero-order valence-corrected chi connectivity index (χ0v) is 13.5. The number of pyridine rings is 1. The SMILES string of the molecule is CC(C)CCOc1cc(CNC(C)C)c2ccccc2n1. The third-order valence-corrected chi connectivity index (χ3v) is 3.42. The van der Waals surface area contributed by atoms with Crippen LogP contribution in [-0.4, -0.2) is 17.6 Å². The van der Waals surface area contributed by atoms with Gasteiger partial charge < -0.3 is 10.1 Å². The maximum absolute atomic E-state index is 5.83. The summed E-state index contributed by atoms with van der Waals surface area (Å²) in [6.07, 6.45) is 1.05. The molecule has 1 N–H and O–H groups in total. The van der Waals surface area contributed by atoms with Gasteiger partial charge >= 0.3 is 0 Å². The number of rotatable bonds is 7. The van der Waals surface area contributed by atoms with E-state index in [1.807, 2.05) is 12.1 Å². The molecule has 21 heavy (non-hydrogen) atoms. The summed E-state index contributed by atoms with van der Waals surface area (Å²) in [5, 5.41) is 4.67. The van der Waals surface area contributed by atoms with Crippen LogP contribution in [0.2, 0.25) is 0 Å². The fraction of sp³-hybridized carbons (Fsp3) is 0.500. The number of para-hydroxylation sites is 1. The summed E-state index contributed by atoms with van der Waals surface area (Å²) in [6.45, 7) is 10.3. The van der Waals surface area contributed by atoms with Crippen molar-refractivity contribution in [2.75, 3.05) is 6.61 Å². The number of nitrogens with one attached hydrogen (secondary N) is 1. The maximum atomic E-state index is 5.83. The third kappa shape index (κ3) is 4.71. The molecule has 2 aromatic rings. The van der Waals surface area contributed by atoms with Gasteiger partial charge in [0.25, 0.3) is 0 Å². The molecule has 0 fully saturated rings. The smallest absolute Gasteiger partial charge is 0.214 e. The van der Waals surface area contributed by atoms with E-state index in [4.69, 9.17) is 4.74 Å². The molecular formula is C18H26N2O. The first-order valence-electron chi connectivity index (χ1n) is 7.81. The van der Waals surface area contributed by atoms with Gasteiger partial charge in [0.1, 0.15) is 0 Å². The van der Waals surface area contributed by atoms with Gasteiger partial charge in [-0.3, -0.25) is 0 Å². The summed E-state index contributed by atoms with van der Waals surface area (Å²) in [4.78, 5) is 4.61. The summed E-state index contributed by atoms with van der Waals surface area (Å²) in [5.74, 6) is 1.38. The summed E-state index contributed by atoms with van der Waals surface area (Å²) in [7, 11) is 0. The van der Waals surface area contributed by atoms with Crippen LogP contribution in [0.1, 0.15) is 39.7 Å². The van der Waals surface area contributed by atoms with Crippen LogP contribution in [0.25, 0.3) is 10.9 Å². The topological polar surface area (TPSA) is 34.1 Å². The normalized spacial score (nSPS) is 11.5. The standard InChI is InChI=1S/C18H26N2O/c1-13(2)9-10-21-18-11-15(12-19-14(3)4)16-7-5-6-8-17(16)20-18/h5-8,11,13-14,19H,9-10,12H2,1-4H3. The molecule has 0 saturated heterocycles. The quantitative estimate of drug-likeness (QED) is 0.830. The number of aromatic nitrogens is 1. The number of hydrogen-bond acceptors (Lipinski definition) is 3. The first kappa shape index (κ1) is 15.8. The average molecular weight is 286 g/mol. The summed E-state index contributed by atoms with van der Waals surface area (Å²) in [5.41, 5.74) is 2.24. The van der Waals surface area contributed by atoms with E-state index in [2.05, 4.69) is 56.2 Å².